The van der Waals surface area contributed by atoms with E-state index in [4.69, 9.17) is 0 Å². The molecule has 0 aliphatic carbocycles. The normalized spacial score (nSPS) is 10.2. The highest BCUT2D eigenvalue weighted by molar-refractivity contribution is 9.11. The van der Waals surface area contributed by atoms with Gasteiger partial charge in [0, 0.05) is 18.8 Å². The van der Waals surface area contributed by atoms with Crippen molar-refractivity contribution in [3.63, 3.8) is 0 Å². The number of pyridine rings is 1. The van der Waals surface area contributed by atoms with Crippen LogP contribution in [0.2, 0.25) is 0 Å². The second-order valence-corrected chi connectivity index (χ2v) is 4.53. The molecule has 2 rings (SSSR count). The van der Waals surface area contributed by atoms with E-state index in [0.717, 1.165) is 21.7 Å². The summed E-state index contributed by atoms with van der Waals surface area (Å²) in [5, 5.41) is 0. The van der Waals surface area contributed by atoms with Gasteiger partial charge in [0.2, 0.25) is 0 Å². The molecular weight excluding hydrogens is 250 g/mol. The number of hydrogen-bond donors (Lipinski definition) is 0. The largest absolute Gasteiger partial charge is 0.264 e. The molecule has 0 amide bonds. The molecule has 0 saturated heterocycles. The van der Waals surface area contributed by atoms with Gasteiger partial charge >= 0.3 is 0 Å². The van der Waals surface area contributed by atoms with Crippen molar-refractivity contribution in [3.05, 3.63) is 39.8 Å². The van der Waals surface area contributed by atoms with Crippen molar-refractivity contribution in [1.82, 2.24) is 14.3 Å². The highest BCUT2D eigenvalue weighted by Crippen LogP contribution is 2.13. The summed E-state index contributed by atoms with van der Waals surface area (Å²) in [5.41, 5.74) is 1.13. The molecular formula is C8H6BrN3S. The van der Waals surface area contributed by atoms with Crippen LogP contribution < -0.4 is 0 Å². The quantitative estimate of drug-likeness (QED) is 0.827. The van der Waals surface area contributed by atoms with E-state index < -0.39 is 0 Å². The third-order valence-corrected chi connectivity index (χ3v) is 2.68. The predicted octanol–water partition coefficient (Wildman–Crippen LogP) is 2.29. The highest BCUT2D eigenvalue weighted by Gasteiger charge is 2.01. The van der Waals surface area contributed by atoms with Crippen molar-refractivity contribution < 1.29 is 0 Å². The van der Waals surface area contributed by atoms with E-state index >= 15 is 0 Å². The first-order valence-corrected chi connectivity index (χ1v) is 5.28. The minimum absolute atomic E-state index is 0.746. The lowest BCUT2D eigenvalue weighted by Crippen LogP contribution is -1.90. The van der Waals surface area contributed by atoms with E-state index in [1.807, 2.05) is 18.3 Å². The Kier molecular flexibility index (Phi) is 2.65. The summed E-state index contributed by atoms with van der Waals surface area (Å²) < 4.78 is 4.99. The minimum atomic E-state index is 0.746. The average molecular weight is 256 g/mol. The van der Waals surface area contributed by atoms with Gasteiger partial charge in [0.1, 0.15) is 5.82 Å². The zero-order valence-corrected chi connectivity index (χ0v) is 9.05. The molecule has 0 unspecified atom stereocenters. The smallest absolute Gasteiger partial charge is 0.179 e. The van der Waals surface area contributed by atoms with E-state index in [-0.39, 0.29) is 0 Å². The second kappa shape index (κ2) is 3.93. The lowest BCUT2D eigenvalue weighted by molar-refractivity contribution is 1.02. The molecule has 0 bridgehead atoms. The van der Waals surface area contributed by atoms with Gasteiger partial charge in [-0.3, -0.25) is 4.98 Å². The van der Waals surface area contributed by atoms with Gasteiger partial charge in [-0.25, -0.2) is 4.98 Å². The minimum Gasteiger partial charge on any atom is -0.264 e. The maximum atomic E-state index is 4.20. The molecule has 2 heterocycles. The van der Waals surface area contributed by atoms with Crippen LogP contribution in [0, 0.1) is 0 Å². The molecule has 3 nitrogen and oxygen atoms in total. The molecule has 66 valence electrons. The lowest BCUT2D eigenvalue weighted by atomic mass is 10.2. The summed E-state index contributed by atoms with van der Waals surface area (Å²) in [6.07, 6.45) is 4.33. The van der Waals surface area contributed by atoms with Crippen molar-refractivity contribution in [2.24, 2.45) is 0 Å². The Bertz CT molecular complexity index is 387. The van der Waals surface area contributed by atoms with Crippen LogP contribution in [0.3, 0.4) is 0 Å². The average Bonchev–Trinajstić information content (AvgIpc) is 2.53. The first-order valence-electron chi connectivity index (χ1n) is 3.71. The van der Waals surface area contributed by atoms with Crippen LogP contribution in [0.25, 0.3) is 0 Å². The number of halogens is 1. The Balaban J connectivity index is 2.15. The standard InChI is InChI=1S/C8H6BrN3S/c9-8-11-7(12-13-8)4-6-2-1-3-10-5-6/h1-3,5H,4H2. The van der Waals surface area contributed by atoms with Crippen LogP contribution in [-0.4, -0.2) is 14.3 Å². The van der Waals surface area contributed by atoms with Crippen molar-refractivity contribution in [1.29, 1.82) is 0 Å². The van der Waals surface area contributed by atoms with Gasteiger partial charge in [-0.2, -0.15) is 4.37 Å². The maximum Gasteiger partial charge on any atom is 0.179 e. The van der Waals surface area contributed by atoms with Crippen LogP contribution in [0.1, 0.15) is 11.4 Å². The van der Waals surface area contributed by atoms with E-state index in [0.29, 0.717) is 0 Å². The van der Waals surface area contributed by atoms with Crippen LogP contribution in [0.15, 0.2) is 28.4 Å². The molecule has 0 fully saturated rings. The van der Waals surface area contributed by atoms with Crippen LogP contribution in [0.5, 0.6) is 0 Å². The number of nitrogens with zero attached hydrogens (tertiary/aromatic N) is 3. The number of rotatable bonds is 2. The van der Waals surface area contributed by atoms with Gasteiger partial charge in [0.05, 0.1) is 0 Å². The Morgan fingerprint density at radius 2 is 2.38 bits per heavy atom. The van der Waals surface area contributed by atoms with E-state index in [2.05, 4.69) is 30.3 Å². The van der Waals surface area contributed by atoms with Crippen molar-refractivity contribution >= 4 is 27.5 Å². The zero-order chi connectivity index (χ0) is 9.10. The third-order valence-electron chi connectivity index (χ3n) is 1.53. The van der Waals surface area contributed by atoms with Crippen LogP contribution in [0.4, 0.5) is 0 Å². The first-order chi connectivity index (χ1) is 6.34. The Morgan fingerprint density at radius 1 is 1.46 bits per heavy atom. The zero-order valence-electron chi connectivity index (χ0n) is 6.64. The van der Waals surface area contributed by atoms with Crippen molar-refractivity contribution in [2.75, 3.05) is 0 Å². The van der Waals surface area contributed by atoms with Crippen molar-refractivity contribution in [2.45, 2.75) is 6.42 Å². The molecule has 0 aliphatic heterocycles. The first kappa shape index (κ1) is 8.77. The van der Waals surface area contributed by atoms with Gasteiger partial charge in [-0.05, 0) is 39.1 Å². The van der Waals surface area contributed by atoms with Gasteiger partial charge in [0.25, 0.3) is 0 Å². The summed E-state index contributed by atoms with van der Waals surface area (Å²) in [7, 11) is 0. The molecule has 13 heavy (non-hydrogen) atoms. The van der Waals surface area contributed by atoms with E-state index in [1.54, 1.807) is 6.20 Å². The number of hydrogen-bond acceptors (Lipinski definition) is 4. The fourth-order valence-corrected chi connectivity index (χ4v) is 1.84. The molecule has 0 atom stereocenters. The molecule has 5 heteroatoms. The molecule has 0 aliphatic rings. The Morgan fingerprint density at radius 3 is 3.00 bits per heavy atom. The summed E-state index contributed by atoms with van der Waals surface area (Å²) in [4.78, 5) is 8.23. The Hall–Kier alpha value is -0.810. The van der Waals surface area contributed by atoms with Crippen LogP contribution in [-0.2, 0) is 6.42 Å². The molecule has 2 aromatic heterocycles. The molecule has 0 radical (unpaired) electrons. The van der Waals surface area contributed by atoms with Crippen LogP contribution >= 0.6 is 27.5 Å². The van der Waals surface area contributed by atoms with Gasteiger partial charge in [0.15, 0.2) is 3.92 Å². The summed E-state index contributed by atoms with van der Waals surface area (Å²) in [6, 6.07) is 3.93. The summed E-state index contributed by atoms with van der Waals surface area (Å²) in [5.74, 6) is 0.838. The predicted molar refractivity (Wildman–Crippen MR) is 54.7 cm³/mol. The maximum absolute atomic E-state index is 4.20. The summed E-state index contributed by atoms with van der Waals surface area (Å²) >= 11 is 4.63. The second-order valence-electron chi connectivity index (χ2n) is 2.50. The SMILES string of the molecule is Brc1nc(Cc2cccnc2)ns1. The van der Waals surface area contributed by atoms with Gasteiger partial charge in [-0.15, -0.1) is 0 Å². The number of aromatic nitrogens is 3. The molecule has 0 spiro atoms. The van der Waals surface area contributed by atoms with E-state index in [1.165, 1.54) is 11.5 Å². The molecule has 0 aromatic carbocycles. The fourth-order valence-electron chi connectivity index (χ4n) is 0.990. The highest BCUT2D eigenvalue weighted by atomic mass is 79.9. The molecule has 0 N–H and O–H groups in total. The third kappa shape index (κ3) is 2.32. The topological polar surface area (TPSA) is 38.7 Å². The lowest BCUT2D eigenvalue weighted by Gasteiger charge is -1.93. The molecule has 0 saturated carbocycles. The Labute approximate surface area is 88.2 Å². The van der Waals surface area contributed by atoms with Gasteiger partial charge < -0.3 is 0 Å². The molecule has 2 aromatic rings. The monoisotopic (exact) mass is 255 g/mol. The van der Waals surface area contributed by atoms with Gasteiger partial charge in [-0.1, -0.05) is 6.07 Å². The van der Waals surface area contributed by atoms with E-state index in [9.17, 15) is 0 Å². The van der Waals surface area contributed by atoms with Crippen molar-refractivity contribution in [3.8, 4) is 0 Å². The summed E-state index contributed by atoms with van der Waals surface area (Å²) in [6.45, 7) is 0. The fraction of sp³-hybridized carbons (Fsp3) is 0.125.